The summed E-state index contributed by atoms with van der Waals surface area (Å²) >= 11 is 0. The quantitative estimate of drug-likeness (QED) is 0.664. The van der Waals surface area contributed by atoms with E-state index in [1.165, 1.54) is 0 Å². The van der Waals surface area contributed by atoms with E-state index in [-0.39, 0.29) is 16.4 Å². The van der Waals surface area contributed by atoms with Gasteiger partial charge in [-0.25, -0.2) is 15.0 Å². The molecule has 4 heterocycles. The summed E-state index contributed by atoms with van der Waals surface area (Å²) < 4.78 is 0. The Morgan fingerprint density at radius 3 is 2.59 bits per heavy atom. The Morgan fingerprint density at radius 2 is 1.86 bits per heavy atom. The normalized spacial score (nSPS) is 18.6. The number of H-pyrrole nitrogens is 2. The number of fused-ring (bicyclic) bond motifs is 3. The van der Waals surface area contributed by atoms with Crippen LogP contribution in [0.2, 0.25) is 0 Å². The molecule has 0 atom stereocenters. The zero-order valence-corrected chi connectivity index (χ0v) is 17.6. The number of rotatable bonds is 1. The van der Waals surface area contributed by atoms with Crippen LogP contribution in [0.5, 0.6) is 0 Å². The van der Waals surface area contributed by atoms with Crippen molar-refractivity contribution in [2.45, 2.75) is 64.2 Å². The average molecular weight is 393 g/mol. The highest BCUT2D eigenvalue weighted by atomic mass is 16.1. The van der Waals surface area contributed by atoms with Gasteiger partial charge >= 0.3 is 0 Å². The zero-order chi connectivity index (χ0) is 20.4. The number of piperidine rings is 1. The summed E-state index contributed by atoms with van der Waals surface area (Å²) in [6.45, 7) is 10.0. The van der Waals surface area contributed by atoms with E-state index in [4.69, 9.17) is 9.97 Å². The van der Waals surface area contributed by atoms with Gasteiger partial charge in [0.25, 0.3) is 5.56 Å². The molecule has 0 saturated carbocycles. The van der Waals surface area contributed by atoms with Crippen molar-refractivity contribution in [3.05, 3.63) is 45.5 Å². The van der Waals surface area contributed by atoms with Gasteiger partial charge in [-0.05, 0) is 38.7 Å². The number of aromatic nitrogens is 5. The maximum absolute atomic E-state index is 12.7. The van der Waals surface area contributed by atoms with Crippen molar-refractivity contribution in [3.8, 4) is 0 Å². The third kappa shape index (κ3) is 2.86. The minimum atomic E-state index is -0.170. The molecule has 1 fully saturated rings. The minimum Gasteiger partial charge on any atom is -0.357 e. The molecule has 0 amide bonds. The maximum Gasteiger partial charge on any atom is 0.254 e. The third-order valence-corrected chi connectivity index (χ3v) is 6.60. The standard InChI is InChI=1S/C22H28N6O/c1-13-24-15-6-10-23-16(15)18(25-13)28-11-8-22(9-12-28)7-5-14-17(22)26-20(21(2,3)4)27-19(14)29/h6,10,23H,5,7-9,11-12H2,1-4H3,(H,26,27,29). The molecule has 1 spiro atoms. The van der Waals surface area contributed by atoms with Gasteiger partial charge in [0, 0.05) is 35.7 Å². The van der Waals surface area contributed by atoms with Gasteiger partial charge in [-0.2, -0.15) is 0 Å². The fourth-order valence-electron chi connectivity index (χ4n) is 4.91. The molecule has 1 aliphatic carbocycles. The van der Waals surface area contributed by atoms with Crippen LogP contribution in [0.25, 0.3) is 11.0 Å². The first kappa shape index (κ1) is 18.3. The van der Waals surface area contributed by atoms with Crippen LogP contribution >= 0.6 is 0 Å². The largest absolute Gasteiger partial charge is 0.357 e. The van der Waals surface area contributed by atoms with E-state index >= 15 is 0 Å². The fraction of sp³-hybridized carbons (Fsp3) is 0.545. The molecule has 29 heavy (non-hydrogen) atoms. The van der Waals surface area contributed by atoms with E-state index in [2.05, 4.69) is 40.6 Å². The highest BCUT2D eigenvalue weighted by molar-refractivity contribution is 5.86. The predicted molar refractivity (Wildman–Crippen MR) is 114 cm³/mol. The molecule has 2 N–H and O–H groups in total. The summed E-state index contributed by atoms with van der Waals surface area (Å²) in [6.07, 6.45) is 5.75. The first-order chi connectivity index (χ1) is 13.8. The van der Waals surface area contributed by atoms with E-state index in [1.807, 2.05) is 19.2 Å². The Hall–Kier alpha value is -2.70. The molecule has 0 bridgehead atoms. The minimum absolute atomic E-state index is 0.0109. The third-order valence-electron chi connectivity index (χ3n) is 6.60. The lowest BCUT2D eigenvalue weighted by Crippen LogP contribution is -2.43. The molecule has 0 aromatic carbocycles. The lowest BCUT2D eigenvalue weighted by molar-refractivity contribution is 0.320. The lowest BCUT2D eigenvalue weighted by Gasteiger charge is -2.40. The Bertz CT molecular complexity index is 1140. The number of aryl methyl sites for hydroxylation is 1. The van der Waals surface area contributed by atoms with Gasteiger partial charge in [-0.15, -0.1) is 0 Å². The first-order valence-electron chi connectivity index (χ1n) is 10.5. The van der Waals surface area contributed by atoms with Crippen molar-refractivity contribution in [1.82, 2.24) is 24.9 Å². The highest BCUT2D eigenvalue weighted by Gasteiger charge is 2.44. The molecule has 1 aliphatic heterocycles. The summed E-state index contributed by atoms with van der Waals surface area (Å²) in [5, 5.41) is 0. The summed E-state index contributed by atoms with van der Waals surface area (Å²) in [5.41, 5.74) is 3.81. The van der Waals surface area contributed by atoms with Crippen LogP contribution in [0.4, 0.5) is 5.82 Å². The van der Waals surface area contributed by atoms with Crippen LogP contribution in [0.1, 0.15) is 62.9 Å². The van der Waals surface area contributed by atoms with E-state index < -0.39 is 0 Å². The second kappa shape index (κ2) is 6.15. The average Bonchev–Trinajstić information content (AvgIpc) is 3.27. The van der Waals surface area contributed by atoms with Crippen LogP contribution < -0.4 is 10.5 Å². The first-order valence-corrected chi connectivity index (χ1v) is 10.5. The number of aromatic amines is 2. The molecule has 0 radical (unpaired) electrons. The van der Waals surface area contributed by atoms with Crippen LogP contribution in [0.15, 0.2) is 17.1 Å². The molecular formula is C22H28N6O. The molecule has 3 aromatic rings. The van der Waals surface area contributed by atoms with Gasteiger partial charge in [0.15, 0.2) is 5.82 Å². The lowest BCUT2D eigenvalue weighted by atomic mass is 9.76. The van der Waals surface area contributed by atoms with Gasteiger partial charge in [-0.1, -0.05) is 20.8 Å². The summed E-state index contributed by atoms with van der Waals surface area (Å²) in [6, 6.07) is 2.00. The van der Waals surface area contributed by atoms with E-state index in [0.717, 1.165) is 78.5 Å². The molecule has 7 heteroatoms. The predicted octanol–water partition coefficient (Wildman–Crippen LogP) is 3.13. The van der Waals surface area contributed by atoms with Gasteiger partial charge in [0.2, 0.25) is 0 Å². The molecule has 1 saturated heterocycles. The van der Waals surface area contributed by atoms with Crippen molar-refractivity contribution >= 4 is 16.9 Å². The SMILES string of the molecule is Cc1nc(N2CCC3(CCc4c3nc(C(C)(C)C)[nH]c4=O)CC2)c2[nH]ccc2n1. The van der Waals surface area contributed by atoms with Crippen molar-refractivity contribution < 1.29 is 0 Å². The zero-order valence-electron chi connectivity index (χ0n) is 17.6. The molecular weight excluding hydrogens is 364 g/mol. The highest BCUT2D eigenvalue weighted by Crippen LogP contribution is 2.45. The summed E-state index contributed by atoms with van der Waals surface area (Å²) in [5.74, 6) is 2.57. The van der Waals surface area contributed by atoms with Crippen LogP contribution in [0, 0.1) is 6.92 Å². The van der Waals surface area contributed by atoms with Crippen LogP contribution in [-0.2, 0) is 17.3 Å². The number of nitrogens with one attached hydrogen (secondary N) is 2. The van der Waals surface area contributed by atoms with E-state index in [1.54, 1.807) is 0 Å². The smallest absolute Gasteiger partial charge is 0.254 e. The Labute approximate surface area is 170 Å². The topological polar surface area (TPSA) is 90.6 Å². The van der Waals surface area contributed by atoms with Crippen LogP contribution in [-0.4, -0.2) is 38.0 Å². The number of nitrogens with zero attached hydrogens (tertiary/aromatic N) is 4. The number of anilines is 1. The molecule has 0 unspecified atom stereocenters. The number of hydrogen-bond acceptors (Lipinski definition) is 5. The molecule has 7 nitrogen and oxygen atoms in total. The van der Waals surface area contributed by atoms with Crippen molar-refractivity contribution in [2.75, 3.05) is 18.0 Å². The van der Waals surface area contributed by atoms with Crippen LogP contribution in [0.3, 0.4) is 0 Å². The molecule has 3 aromatic heterocycles. The molecule has 5 rings (SSSR count). The van der Waals surface area contributed by atoms with Crippen molar-refractivity contribution in [3.63, 3.8) is 0 Å². The molecule has 2 aliphatic rings. The van der Waals surface area contributed by atoms with Gasteiger partial charge < -0.3 is 14.9 Å². The van der Waals surface area contributed by atoms with Crippen molar-refractivity contribution in [2.24, 2.45) is 0 Å². The monoisotopic (exact) mass is 392 g/mol. The second-order valence-corrected chi connectivity index (χ2v) is 9.59. The Kier molecular flexibility index (Phi) is 3.89. The molecule has 152 valence electrons. The fourth-order valence-corrected chi connectivity index (χ4v) is 4.91. The summed E-state index contributed by atoms with van der Waals surface area (Å²) in [7, 11) is 0. The second-order valence-electron chi connectivity index (χ2n) is 9.59. The summed E-state index contributed by atoms with van der Waals surface area (Å²) in [4.78, 5) is 35.7. The van der Waals surface area contributed by atoms with Crippen molar-refractivity contribution in [1.29, 1.82) is 0 Å². The number of hydrogen-bond donors (Lipinski definition) is 2. The Morgan fingerprint density at radius 1 is 1.10 bits per heavy atom. The maximum atomic E-state index is 12.7. The Balaban J connectivity index is 1.48. The van der Waals surface area contributed by atoms with Gasteiger partial charge in [0.1, 0.15) is 17.2 Å². The van der Waals surface area contributed by atoms with Gasteiger partial charge in [-0.3, -0.25) is 4.79 Å². The van der Waals surface area contributed by atoms with E-state index in [9.17, 15) is 4.79 Å². The van der Waals surface area contributed by atoms with Gasteiger partial charge in [0.05, 0.1) is 11.2 Å². The van der Waals surface area contributed by atoms with E-state index in [0.29, 0.717) is 0 Å².